The number of hydrogen-bond donors (Lipinski definition) is 2. The summed E-state index contributed by atoms with van der Waals surface area (Å²) < 4.78 is 0. The Balaban J connectivity index is 1.80. The average Bonchev–Trinajstić information content (AvgIpc) is 2.49. The second-order valence-electron chi connectivity index (χ2n) is 6.37. The first-order valence-electron chi connectivity index (χ1n) is 8.16. The van der Waals surface area contributed by atoms with Crippen molar-refractivity contribution >= 4 is 17.4 Å². The summed E-state index contributed by atoms with van der Waals surface area (Å²) in [5, 5.41) is 6.28. The van der Waals surface area contributed by atoms with E-state index in [1.54, 1.807) is 6.20 Å². The Bertz CT molecular complexity index is 436. The van der Waals surface area contributed by atoms with Crippen LogP contribution in [0.25, 0.3) is 0 Å². The maximum Gasteiger partial charge on any atom is 0.228 e. The Morgan fingerprint density at radius 2 is 2.05 bits per heavy atom. The van der Waals surface area contributed by atoms with Gasteiger partial charge in [0, 0.05) is 12.5 Å². The standard InChI is InChI=1S/C17H27N3O/c1-13(2)10-11-18-15-8-9-16(19-12-15)20-17(21)14-6-4-3-5-7-14/h8-9,12-14,18H,3-7,10-11H2,1-2H3,(H,19,20,21). The van der Waals surface area contributed by atoms with E-state index in [9.17, 15) is 4.79 Å². The molecule has 4 nitrogen and oxygen atoms in total. The van der Waals surface area contributed by atoms with Gasteiger partial charge in [-0.25, -0.2) is 4.98 Å². The maximum atomic E-state index is 12.1. The van der Waals surface area contributed by atoms with Crippen LogP contribution in [0, 0.1) is 11.8 Å². The van der Waals surface area contributed by atoms with E-state index in [0.29, 0.717) is 11.7 Å². The molecule has 1 aliphatic rings. The van der Waals surface area contributed by atoms with Crippen LogP contribution >= 0.6 is 0 Å². The van der Waals surface area contributed by atoms with Gasteiger partial charge in [0.1, 0.15) is 5.82 Å². The van der Waals surface area contributed by atoms with Gasteiger partial charge in [0.25, 0.3) is 0 Å². The molecule has 1 fully saturated rings. The van der Waals surface area contributed by atoms with Crippen molar-refractivity contribution in [2.45, 2.75) is 52.4 Å². The Morgan fingerprint density at radius 3 is 2.67 bits per heavy atom. The van der Waals surface area contributed by atoms with E-state index in [0.717, 1.165) is 31.5 Å². The van der Waals surface area contributed by atoms with E-state index in [2.05, 4.69) is 29.5 Å². The van der Waals surface area contributed by atoms with Gasteiger partial charge in [-0.05, 0) is 37.3 Å². The summed E-state index contributed by atoms with van der Waals surface area (Å²) in [5.74, 6) is 1.65. The van der Waals surface area contributed by atoms with Crippen molar-refractivity contribution in [1.82, 2.24) is 4.98 Å². The molecule has 0 aliphatic heterocycles. The van der Waals surface area contributed by atoms with Gasteiger partial charge in [0.05, 0.1) is 11.9 Å². The minimum atomic E-state index is 0.128. The van der Waals surface area contributed by atoms with Crippen molar-refractivity contribution in [3.8, 4) is 0 Å². The summed E-state index contributed by atoms with van der Waals surface area (Å²) in [7, 11) is 0. The number of pyridine rings is 1. The van der Waals surface area contributed by atoms with Crippen LogP contribution in [-0.2, 0) is 4.79 Å². The molecule has 1 saturated carbocycles. The van der Waals surface area contributed by atoms with E-state index in [-0.39, 0.29) is 11.8 Å². The Hall–Kier alpha value is -1.58. The first-order chi connectivity index (χ1) is 10.1. The molecule has 2 rings (SSSR count). The van der Waals surface area contributed by atoms with Gasteiger partial charge in [-0.2, -0.15) is 0 Å². The van der Waals surface area contributed by atoms with Crippen LogP contribution < -0.4 is 10.6 Å². The smallest absolute Gasteiger partial charge is 0.228 e. The van der Waals surface area contributed by atoms with Crippen molar-refractivity contribution in [3.05, 3.63) is 18.3 Å². The molecule has 1 aromatic rings. The normalized spacial score (nSPS) is 16.0. The predicted octanol–water partition coefficient (Wildman–Crippen LogP) is 4.06. The molecule has 0 radical (unpaired) electrons. The lowest BCUT2D eigenvalue weighted by Gasteiger charge is -2.20. The predicted molar refractivity (Wildman–Crippen MR) is 87.4 cm³/mol. The first-order valence-corrected chi connectivity index (χ1v) is 8.16. The van der Waals surface area contributed by atoms with Crippen LogP contribution in [0.4, 0.5) is 11.5 Å². The number of hydrogen-bond acceptors (Lipinski definition) is 3. The number of nitrogens with one attached hydrogen (secondary N) is 2. The van der Waals surface area contributed by atoms with E-state index < -0.39 is 0 Å². The lowest BCUT2D eigenvalue weighted by atomic mass is 9.89. The second kappa shape index (κ2) is 8.01. The van der Waals surface area contributed by atoms with Gasteiger partial charge in [-0.3, -0.25) is 4.79 Å². The molecule has 0 atom stereocenters. The first kappa shape index (κ1) is 15.8. The molecule has 1 aliphatic carbocycles. The van der Waals surface area contributed by atoms with Gasteiger partial charge in [-0.1, -0.05) is 33.1 Å². The van der Waals surface area contributed by atoms with Crippen LogP contribution in [0.2, 0.25) is 0 Å². The van der Waals surface area contributed by atoms with Crippen LogP contribution in [0.5, 0.6) is 0 Å². The van der Waals surface area contributed by atoms with Crippen molar-refractivity contribution in [2.75, 3.05) is 17.2 Å². The molecule has 0 aromatic carbocycles. The third-order valence-corrected chi connectivity index (χ3v) is 4.04. The summed E-state index contributed by atoms with van der Waals surface area (Å²) in [5.41, 5.74) is 1.01. The second-order valence-corrected chi connectivity index (χ2v) is 6.37. The summed E-state index contributed by atoms with van der Waals surface area (Å²) in [6.45, 7) is 5.38. The number of anilines is 2. The molecule has 0 bridgehead atoms. The molecule has 0 spiro atoms. The van der Waals surface area contributed by atoms with Crippen LogP contribution in [0.15, 0.2) is 18.3 Å². The fraction of sp³-hybridized carbons (Fsp3) is 0.647. The van der Waals surface area contributed by atoms with Gasteiger partial charge >= 0.3 is 0 Å². The molecule has 21 heavy (non-hydrogen) atoms. The monoisotopic (exact) mass is 289 g/mol. The zero-order valence-electron chi connectivity index (χ0n) is 13.2. The molecule has 116 valence electrons. The fourth-order valence-corrected chi connectivity index (χ4v) is 2.67. The van der Waals surface area contributed by atoms with E-state index in [4.69, 9.17) is 0 Å². The minimum Gasteiger partial charge on any atom is -0.384 e. The lowest BCUT2D eigenvalue weighted by molar-refractivity contribution is -0.120. The zero-order valence-corrected chi connectivity index (χ0v) is 13.2. The van der Waals surface area contributed by atoms with Crippen molar-refractivity contribution in [1.29, 1.82) is 0 Å². The van der Waals surface area contributed by atoms with Crippen LogP contribution in [0.3, 0.4) is 0 Å². The van der Waals surface area contributed by atoms with E-state index in [1.807, 2.05) is 12.1 Å². The molecular weight excluding hydrogens is 262 g/mol. The SMILES string of the molecule is CC(C)CCNc1ccc(NC(=O)C2CCCCC2)nc1. The number of amides is 1. The van der Waals surface area contributed by atoms with E-state index >= 15 is 0 Å². The summed E-state index contributed by atoms with van der Waals surface area (Å²) in [6, 6.07) is 3.85. The molecule has 1 amide bonds. The molecule has 0 saturated heterocycles. The molecule has 4 heteroatoms. The van der Waals surface area contributed by atoms with Gasteiger partial charge in [0.15, 0.2) is 0 Å². The minimum absolute atomic E-state index is 0.128. The number of carbonyl (C=O) groups is 1. The Labute approximate surface area is 127 Å². The highest BCUT2D eigenvalue weighted by Gasteiger charge is 2.21. The topological polar surface area (TPSA) is 54.0 Å². The maximum absolute atomic E-state index is 12.1. The number of nitrogens with zero attached hydrogens (tertiary/aromatic N) is 1. The highest BCUT2D eigenvalue weighted by molar-refractivity contribution is 5.91. The Kier molecular flexibility index (Phi) is 6.03. The van der Waals surface area contributed by atoms with Crippen LogP contribution in [0.1, 0.15) is 52.4 Å². The molecule has 2 N–H and O–H groups in total. The largest absolute Gasteiger partial charge is 0.384 e. The molecule has 0 unspecified atom stereocenters. The van der Waals surface area contributed by atoms with Crippen molar-refractivity contribution < 1.29 is 4.79 Å². The molecule has 1 heterocycles. The summed E-state index contributed by atoms with van der Waals surface area (Å²) in [6.07, 6.45) is 8.56. The van der Waals surface area contributed by atoms with Gasteiger partial charge < -0.3 is 10.6 Å². The number of rotatable bonds is 6. The van der Waals surface area contributed by atoms with Gasteiger partial charge in [-0.15, -0.1) is 0 Å². The third-order valence-electron chi connectivity index (χ3n) is 4.04. The highest BCUT2D eigenvalue weighted by atomic mass is 16.1. The number of carbonyl (C=O) groups excluding carboxylic acids is 1. The third kappa shape index (κ3) is 5.37. The molecule has 1 aromatic heterocycles. The fourth-order valence-electron chi connectivity index (χ4n) is 2.67. The summed E-state index contributed by atoms with van der Waals surface area (Å²) >= 11 is 0. The van der Waals surface area contributed by atoms with Crippen molar-refractivity contribution in [2.24, 2.45) is 11.8 Å². The Morgan fingerprint density at radius 1 is 1.29 bits per heavy atom. The quantitative estimate of drug-likeness (QED) is 0.830. The van der Waals surface area contributed by atoms with Crippen molar-refractivity contribution in [3.63, 3.8) is 0 Å². The lowest BCUT2D eigenvalue weighted by Crippen LogP contribution is -2.25. The molecular formula is C17H27N3O. The van der Waals surface area contributed by atoms with Crippen LogP contribution in [-0.4, -0.2) is 17.4 Å². The van der Waals surface area contributed by atoms with Gasteiger partial charge in [0.2, 0.25) is 5.91 Å². The highest BCUT2D eigenvalue weighted by Crippen LogP contribution is 2.24. The summed E-state index contributed by atoms with van der Waals surface area (Å²) in [4.78, 5) is 16.4. The average molecular weight is 289 g/mol. The van der Waals surface area contributed by atoms with E-state index in [1.165, 1.54) is 19.3 Å². The zero-order chi connectivity index (χ0) is 15.1. The number of aromatic nitrogens is 1.